The average Bonchev–Trinajstić information content (AvgIpc) is 2.49. The molecule has 120 valence electrons. The first-order chi connectivity index (χ1) is 10.5. The Labute approximate surface area is 130 Å². The minimum atomic E-state index is -0.626. The summed E-state index contributed by atoms with van der Waals surface area (Å²) < 4.78 is 1.42. The second-order valence-corrected chi connectivity index (χ2v) is 5.39. The van der Waals surface area contributed by atoms with Gasteiger partial charge in [-0.25, -0.2) is 0 Å². The molecule has 0 bridgehead atoms. The Balaban J connectivity index is 3.38. The molecule has 1 atom stereocenters. The minimum Gasteiger partial charge on any atom is -0.359 e. The van der Waals surface area contributed by atoms with Crippen LogP contribution in [0, 0.1) is 0 Å². The second kappa shape index (κ2) is 8.32. The Morgan fingerprint density at radius 1 is 1.41 bits per heavy atom. The van der Waals surface area contributed by atoms with Gasteiger partial charge in [0.25, 0.3) is 5.56 Å². The maximum Gasteiger partial charge on any atom is 0.258 e. The molecule has 5 nitrogen and oxygen atoms in total. The molecule has 0 aliphatic rings. The molecule has 0 saturated heterocycles. The fourth-order valence-corrected chi connectivity index (χ4v) is 2.39. The minimum absolute atomic E-state index is 0.144. The van der Waals surface area contributed by atoms with Gasteiger partial charge in [0.2, 0.25) is 5.91 Å². The van der Waals surface area contributed by atoms with Gasteiger partial charge in [-0.1, -0.05) is 18.6 Å². The van der Waals surface area contributed by atoms with E-state index in [1.165, 1.54) is 4.57 Å². The van der Waals surface area contributed by atoms with Crippen LogP contribution in [0.4, 0.5) is 0 Å². The molecular formula is C17H24N2O3. The summed E-state index contributed by atoms with van der Waals surface area (Å²) >= 11 is 0. The van der Waals surface area contributed by atoms with Gasteiger partial charge in [-0.05, 0) is 38.0 Å². The highest BCUT2D eigenvalue weighted by Crippen LogP contribution is 2.07. The summed E-state index contributed by atoms with van der Waals surface area (Å²) in [7, 11) is 1.55. The van der Waals surface area contributed by atoms with Gasteiger partial charge < -0.3 is 14.7 Å². The second-order valence-electron chi connectivity index (χ2n) is 5.39. The molecule has 1 amide bonds. The lowest BCUT2D eigenvalue weighted by atomic mass is 10.1. The van der Waals surface area contributed by atoms with Crippen LogP contribution in [0.1, 0.15) is 46.1 Å². The standard InChI is InChI=1S/C17H24N2O3/c1-5-6-13-9-10-19(17(22)16(13)12(2)3)14(11-20)7-8-15(21)18-4/h6,9-11,14H,5,7-8H2,1-4H3,(H,18,21)/b13-6-. The zero-order valence-electron chi connectivity index (χ0n) is 13.7. The van der Waals surface area contributed by atoms with Gasteiger partial charge in [-0.2, -0.15) is 0 Å². The maximum absolute atomic E-state index is 12.7. The van der Waals surface area contributed by atoms with Crippen molar-refractivity contribution in [3.8, 4) is 0 Å². The largest absolute Gasteiger partial charge is 0.359 e. The highest BCUT2D eigenvalue weighted by molar-refractivity contribution is 5.76. The van der Waals surface area contributed by atoms with Gasteiger partial charge in [-0.15, -0.1) is 0 Å². The number of pyridine rings is 1. The monoisotopic (exact) mass is 304 g/mol. The number of carbonyl (C=O) groups is 2. The van der Waals surface area contributed by atoms with Crippen LogP contribution in [0.2, 0.25) is 0 Å². The third-order valence-electron chi connectivity index (χ3n) is 3.54. The SMILES string of the molecule is CC/C=c1/ccn(C(C=O)CCC(=O)NC)c(=O)c1=C(C)C. The fourth-order valence-electron chi connectivity index (χ4n) is 2.39. The van der Waals surface area contributed by atoms with Gasteiger partial charge in [-0.3, -0.25) is 9.59 Å². The number of aldehydes is 1. The molecule has 1 N–H and O–H groups in total. The van der Waals surface area contributed by atoms with Crippen molar-refractivity contribution in [2.45, 2.75) is 46.1 Å². The molecule has 0 aromatic carbocycles. The van der Waals surface area contributed by atoms with Crippen LogP contribution in [-0.2, 0) is 9.59 Å². The molecule has 1 aromatic heterocycles. The first-order valence-corrected chi connectivity index (χ1v) is 7.51. The summed E-state index contributed by atoms with van der Waals surface area (Å²) in [5.74, 6) is -0.144. The van der Waals surface area contributed by atoms with E-state index in [0.29, 0.717) is 11.6 Å². The Bertz CT molecular complexity index is 712. The fraction of sp³-hybridized carbons (Fsp3) is 0.471. The van der Waals surface area contributed by atoms with Crippen molar-refractivity contribution >= 4 is 23.8 Å². The van der Waals surface area contributed by atoms with Crippen molar-refractivity contribution in [3.63, 3.8) is 0 Å². The van der Waals surface area contributed by atoms with Crippen LogP contribution in [0.3, 0.4) is 0 Å². The predicted molar refractivity (Wildman–Crippen MR) is 87.9 cm³/mol. The molecule has 5 heteroatoms. The Morgan fingerprint density at radius 2 is 2.09 bits per heavy atom. The molecule has 1 rings (SSSR count). The zero-order valence-corrected chi connectivity index (χ0v) is 13.7. The van der Waals surface area contributed by atoms with Crippen LogP contribution in [0.5, 0.6) is 0 Å². The van der Waals surface area contributed by atoms with E-state index >= 15 is 0 Å². The van der Waals surface area contributed by atoms with Crippen molar-refractivity contribution in [2.75, 3.05) is 7.05 Å². The topological polar surface area (TPSA) is 68.2 Å². The summed E-state index contributed by atoms with van der Waals surface area (Å²) in [6.45, 7) is 5.78. The lowest BCUT2D eigenvalue weighted by Crippen LogP contribution is -2.46. The van der Waals surface area contributed by atoms with E-state index < -0.39 is 6.04 Å². The molecule has 1 heterocycles. The highest BCUT2D eigenvalue weighted by Gasteiger charge is 2.14. The molecular weight excluding hydrogens is 280 g/mol. The Morgan fingerprint density at radius 3 is 2.59 bits per heavy atom. The molecule has 0 aliphatic carbocycles. The highest BCUT2D eigenvalue weighted by atomic mass is 16.2. The number of nitrogens with zero attached hydrogens (tertiary/aromatic N) is 1. The van der Waals surface area contributed by atoms with Gasteiger partial charge in [0, 0.05) is 24.9 Å². The zero-order chi connectivity index (χ0) is 16.7. The lowest BCUT2D eigenvalue weighted by Gasteiger charge is -2.14. The quantitative estimate of drug-likeness (QED) is 0.778. The van der Waals surface area contributed by atoms with Gasteiger partial charge in [0.15, 0.2) is 0 Å². The Kier molecular flexibility index (Phi) is 6.76. The van der Waals surface area contributed by atoms with E-state index in [2.05, 4.69) is 5.32 Å². The summed E-state index contributed by atoms with van der Waals surface area (Å²) in [4.78, 5) is 35.4. The van der Waals surface area contributed by atoms with Gasteiger partial charge in [0.05, 0.1) is 6.04 Å². The number of carbonyl (C=O) groups excluding carboxylic acids is 2. The Hall–Kier alpha value is -2.17. The van der Waals surface area contributed by atoms with Gasteiger partial charge >= 0.3 is 0 Å². The third-order valence-corrected chi connectivity index (χ3v) is 3.54. The number of amides is 1. The summed E-state index contributed by atoms with van der Waals surface area (Å²) in [5, 5.41) is 4.04. The molecule has 0 radical (unpaired) electrons. The summed E-state index contributed by atoms with van der Waals surface area (Å²) in [6, 6.07) is 1.22. The van der Waals surface area contributed by atoms with Crippen molar-refractivity contribution in [3.05, 3.63) is 33.1 Å². The van der Waals surface area contributed by atoms with E-state index in [1.54, 1.807) is 13.2 Å². The van der Waals surface area contributed by atoms with E-state index in [0.717, 1.165) is 23.5 Å². The van der Waals surface area contributed by atoms with Crippen LogP contribution in [0.25, 0.3) is 11.6 Å². The van der Waals surface area contributed by atoms with Crippen LogP contribution < -0.4 is 21.3 Å². The van der Waals surface area contributed by atoms with E-state index in [9.17, 15) is 14.4 Å². The molecule has 0 spiro atoms. The average molecular weight is 304 g/mol. The van der Waals surface area contributed by atoms with Crippen LogP contribution in [-0.4, -0.2) is 23.8 Å². The molecule has 0 saturated carbocycles. The molecule has 1 unspecified atom stereocenters. The summed E-state index contributed by atoms with van der Waals surface area (Å²) in [5.41, 5.74) is 0.728. The van der Waals surface area contributed by atoms with Crippen molar-refractivity contribution < 1.29 is 9.59 Å². The van der Waals surface area contributed by atoms with Crippen molar-refractivity contribution in [1.82, 2.24) is 9.88 Å². The lowest BCUT2D eigenvalue weighted by molar-refractivity contribution is -0.121. The summed E-state index contributed by atoms with van der Waals surface area (Å²) in [6.07, 6.45) is 5.70. The number of hydrogen-bond donors (Lipinski definition) is 1. The van der Waals surface area contributed by atoms with Crippen molar-refractivity contribution in [1.29, 1.82) is 0 Å². The number of hydrogen-bond acceptors (Lipinski definition) is 3. The maximum atomic E-state index is 12.7. The molecule has 0 aliphatic heterocycles. The van der Waals surface area contributed by atoms with Crippen molar-refractivity contribution in [2.24, 2.45) is 0 Å². The van der Waals surface area contributed by atoms with Gasteiger partial charge in [0.1, 0.15) is 6.29 Å². The molecule has 1 aromatic rings. The molecule has 22 heavy (non-hydrogen) atoms. The van der Waals surface area contributed by atoms with Crippen LogP contribution >= 0.6 is 0 Å². The first kappa shape index (κ1) is 17.9. The predicted octanol–water partition coefficient (Wildman–Crippen LogP) is 0.496. The number of rotatable bonds is 6. The normalized spacial score (nSPS) is 12.8. The number of nitrogens with one attached hydrogen (secondary N) is 1. The number of aromatic nitrogens is 1. The van der Waals surface area contributed by atoms with E-state index in [4.69, 9.17) is 0 Å². The van der Waals surface area contributed by atoms with E-state index in [1.807, 2.05) is 32.9 Å². The third kappa shape index (κ3) is 4.16. The smallest absolute Gasteiger partial charge is 0.258 e. The molecule has 0 fully saturated rings. The first-order valence-electron chi connectivity index (χ1n) is 7.51. The van der Waals surface area contributed by atoms with E-state index in [-0.39, 0.29) is 17.9 Å². The van der Waals surface area contributed by atoms with Crippen LogP contribution in [0.15, 0.2) is 17.1 Å².